The van der Waals surface area contributed by atoms with E-state index in [9.17, 15) is 9.59 Å². The summed E-state index contributed by atoms with van der Waals surface area (Å²) in [4.78, 5) is 28.0. The van der Waals surface area contributed by atoms with Crippen molar-refractivity contribution in [2.24, 2.45) is 10.3 Å². The van der Waals surface area contributed by atoms with E-state index in [-0.39, 0.29) is 11.8 Å². The van der Waals surface area contributed by atoms with E-state index < -0.39 is 12.1 Å². The zero-order valence-corrected chi connectivity index (χ0v) is 15.3. The molecule has 1 saturated heterocycles. The number of aryl methyl sites for hydroxylation is 1. The molecule has 2 amide bonds. The van der Waals surface area contributed by atoms with Crippen molar-refractivity contribution in [2.45, 2.75) is 30.4 Å². The molecule has 1 fully saturated rings. The van der Waals surface area contributed by atoms with Gasteiger partial charge in [0.2, 0.25) is 0 Å². The summed E-state index contributed by atoms with van der Waals surface area (Å²) in [7, 11) is 0. The molecule has 0 spiro atoms. The summed E-state index contributed by atoms with van der Waals surface area (Å²) >= 11 is 1.67. The Morgan fingerprint density at radius 2 is 1.69 bits per heavy atom. The maximum absolute atomic E-state index is 12.9. The molecule has 2 aromatic carbocycles. The van der Waals surface area contributed by atoms with Crippen LogP contribution in [0.15, 0.2) is 63.8 Å². The molecule has 0 unspecified atom stereocenters. The summed E-state index contributed by atoms with van der Waals surface area (Å²) in [5.74, 6) is -0.581. The largest absolute Gasteiger partial charge is 0.271 e. The van der Waals surface area contributed by atoms with Crippen LogP contribution >= 0.6 is 11.8 Å². The highest BCUT2D eigenvalue weighted by molar-refractivity contribution is 7.98. The van der Waals surface area contributed by atoms with Crippen molar-refractivity contribution in [1.82, 2.24) is 5.01 Å². The number of imide groups is 1. The maximum Gasteiger partial charge on any atom is 0.263 e. The first-order valence-corrected chi connectivity index (χ1v) is 9.56. The van der Waals surface area contributed by atoms with Gasteiger partial charge in [-0.2, -0.15) is 5.11 Å². The summed E-state index contributed by atoms with van der Waals surface area (Å²) in [6, 6.07) is 14.0. The van der Waals surface area contributed by atoms with Gasteiger partial charge in [0, 0.05) is 4.90 Å². The fourth-order valence-electron chi connectivity index (χ4n) is 3.22. The number of benzene rings is 2. The Bertz CT molecular complexity index is 879. The van der Waals surface area contributed by atoms with Gasteiger partial charge >= 0.3 is 0 Å². The number of fused-ring (bicyclic) bond motifs is 1. The summed E-state index contributed by atoms with van der Waals surface area (Å²) < 4.78 is 0. The number of carbonyl (C=O) groups is 2. The highest BCUT2D eigenvalue weighted by Gasteiger charge is 2.54. The third kappa shape index (κ3) is 2.78. The monoisotopic (exact) mass is 366 g/mol. The molecule has 2 aliphatic heterocycles. The van der Waals surface area contributed by atoms with Crippen LogP contribution in [0.3, 0.4) is 0 Å². The second-order valence-electron chi connectivity index (χ2n) is 6.39. The minimum absolute atomic E-state index is 0.269. The first-order valence-electron chi connectivity index (χ1n) is 8.33. The van der Waals surface area contributed by atoms with E-state index in [2.05, 4.69) is 10.3 Å². The van der Waals surface area contributed by atoms with Crippen LogP contribution in [0.5, 0.6) is 0 Å². The van der Waals surface area contributed by atoms with E-state index in [4.69, 9.17) is 0 Å². The van der Waals surface area contributed by atoms with Gasteiger partial charge in [-0.25, -0.2) is 4.90 Å². The molecule has 132 valence electrons. The number of nitrogens with zero attached hydrogens (tertiary/aromatic N) is 4. The SMILES string of the molecule is CSc1ccc(CN2N=N[C@H]3C(=O)N(c4ccc(C)cc4)C(=O)[C@@H]32)cc1. The molecule has 2 aromatic rings. The van der Waals surface area contributed by atoms with Crippen molar-refractivity contribution < 1.29 is 9.59 Å². The highest BCUT2D eigenvalue weighted by Crippen LogP contribution is 2.33. The van der Waals surface area contributed by atoms with Gasteiger partial charge in [0.1, 0.15) is 0 Å². The van der Waals surface area contributed by atoms with Gasteiger partial charge in [0.25, 0.3) is 11.8 Å². The molecule has 26 heavy (non-hydrogen) atoms. The van der Waals surface area contributed by atoms with Gasteiger partial charge < -0.3 is 0 Å². The normalized spacial score (nSPS) is 21.6. The lowest BCUT2D eigenvalue weighted by atomic mass is 10.1. The molecule has 6 nitrogen and oxygen atoms in total. The lowest BCUT2D eigenvalue weighted by Crippen LogP contribution is -2.39. The van der Waals surface area contributed by atoms with Crippen LogP contribution in [0.2, 0.25) is 0 Å². The van der Waals surface area contributed by atoms with Crippen molar-refractivity contribution in [3.05, 3.63) is 59.7 Å². The smallest absolute Gasteiger partial charge is 0.263 e. The van der Waals surface area contributed by atoms with Gasteiger partial charge in [-0.05, 0) is 43.0 Å². The molecule has 2 heterocycles. The molecule has 7 heteroatoms. The zero-order valence-electron chi connectivity index (χ0n) is 14.5. The number of rotatable bonds is 4. The number of hydrogen-bond donors (Lipinski definition) is 0. The Kier molecular flexibility index (Phi) is 4.24. The van der Waals surface area contributed by atoms with Crippen LogP contribution in [0.25, 0.3) is 0 Å². The quantitative estimate of drug-likeness (QED) is 0.616. The van der Waals surface area contributed by atoms with Crippen molar-refractivity contribution >= 4 is 29.3 Å². The summed E-state index contributed by atoms with van der Waals surface area (Å²) in [6.07, 6.45) is 2.02. The molecule has 2 aliphatic rings. The Labute approximate surface area is 155 Å². The van der Waals surface area contributed by atoms with Crippen molar-refractivity contribution in [3.63, 3.8) is 0 Å². The Balaban J connectivity index is 1.56. The molecule has 4 rings (SSSR count). The van der Waals surface area contributed by atoms with E-state index in [0.29, 0.717) is 12.2 Å². The van der Waals surface area contributed by atoms with Crippen LogP contribution in [0.4, 0.5) is 5.69 Å². The first-order chi connectivity index (χ1) is 12.6. The van der Waals surface area contributed by atoms with Crippen molar-refractivity contribution in [1.29, 1.82) is 0 Å². The topological polar surface area (TPSA) is 65.3 Å². The van der Waals surface area contributed by atoms with E-state index >= 15 is 0 Å². The van der Waals surface area contributed by atoms with E-state index in [1.54, 1.807) is 28.9 Å². The summed E-state index contributed by atoms with van der Waals surface area (Å²) in [5, 5.41) is 9.77. The lowest BCUT2D eigenvalue weighted by molar-refractivity contribution is -0.123. The van der Waals surface area contributed by atoms with Crippen LogP contribution < -0.4 is 4.90 Å². The maximum atomic E-state index is 12.9. The van der Waals surface area contributed by atoms with Gasteiger partial charge in [-0.1, -0.05) is 35.1 Å². The first kappa shape index (κ1) is 16.8. The number of anilines is 1. The van der Waals surface area contributed by atoms with Crippen LogP contribution in [0, 0.1) is 6.92 Å². The van der Waals surface area contributed by atoms with Gasteiger partial charge in [-0.3, -0.25) is 14.6 Å². The molecule has 0 N–H and O–H groups in total. The number of amides is 2. The van der Waals surface area contributed by atoms with Crippen LogP contribution in [0.1, 0.15) is 11.1 Å². The molecule has 0 radical (unpaired) electrons. The second-order valence-corrected chi connectivity index (χ2v) is 7.27. The molecule has 0 bridgehead atoms. The molecule has 2 atom stereocenters. The molecule has 0 saturated carbocycles. The van der Waals surface area contributed by atoms with Crippen molar-refractivity contribution in [3.8, 4) is 0 Å². The van der Waals surface area contributed by atoms with E-state index in [0.717, 1.165) is 11.1 Å². The second kappa shape index (κ2) is 6.57. The van der Waals surface area contributed by atoms with E-state index in [1.165, 1.54) is 9.80 Å². The van der Waals surface area contributed by atoms with Crippen molar-refractivity contribution in [2.75, 3.05) is 11.2 Å². The predicted octanol–water partition coefficient (Wildman–Crippen LogP) is 3.21. The molecular weight excluding hydrogens is 348 g/mol. The average molecular weight is 366 g/mol. The van der Waals surface area contributed by atoms with Crippen LogP contribution in [-0.4, -0.2) is 35.2 Å². The summed E-state index contributed by atoms with van der Waals surface area (Å²) in [5.41, 5.74) is 2.68. The minimum atomic E-state index is -0.755. The van der Waals surface area contributed by atoms with Gasteiger partial charge in [0.15, 0.2) is 12.1 Å². The molecular formula is C19H18N4O2S. The Morgan fingerprint density at radius 3 is 2.35 bits per heavy atom. The van der Waals surface area contributed by atoms with E-state index in [1.807, 2.05) is 49.6 Å². The third-order valence-corrected chi connectivity index (χ3v) is 5.40. The number of hydrogen-bond acceptors (Lipinski definition) is 6. The van der Waals surface area contributed by atoms with Crippen LogP contribution in [-0.2, 0) is 16.1 Å². The van der Waals surface area contributed by atoms with Gasteiger partial charge in [0.05, 0.1) is 12.2 Å². The van der Waals surface area contributed by atoms with Gasteiger partial charge in [-0.15, -0.1) is 11.8 Å². The molecule has 0 aromatic heterocycles. The Hall–Kier alpha value is -2.67. The third-order valence-electron chi connectivity index (χ3n) is 4.65. The zero-order chi connectivity index (χ0) is 18.3. The minimum Gasteiger partial charge on any atom is -0.271 e. The standard InChI is InChI=1S/C19H18N4O2S/c1-12-3-7-14(8-4-12)23-18(24)16-17(19(23)25)22(21-20-16)11-13-5-9-15(26-2)10-6-13/h3-10,16-17H,11H2,1-2H3/t16-,17-/m1/s1. The average Bonchev–Trinajstić information content (AvgIpc) is 3.17. The summed E-state index contributed by atoms with van der Waals surface area (Å²) in [6.45, 7) is 2.41. The number of thioether (sulfide) groups is 1. The predicted molar refractivity (Wildman–Crippen MR) is 99.9 cm³/mol. The fourth-order valence-corrected chi connectivity index (χ4v) is 3.63. The molecule has 0 aliphatic carbocycles. The number of carbonyl (C=O) groups excluding carboxylic acids is 2. The lowest BCUT2D eigenvalue weighted by Gasteiger charge is -2.20. The fraction of sp³-hybridized carbons (Fsp3) is 0.263. The highest BCUT2D eigenvalue weighted by atomic mass is 32.2. The Morgan fingerprint density at radius 1 is 1.00 bits per heavy atom.